The van der Waals surface area contributed by atoms with Crippen molar-refractivity contribution in [2.75, 3.05) is 6.61 Å². The van der Waals surface area contributed by atoms with Gasteiger partial charge in [-0.1, -0.05) is 18.2 Å². The molecule has 0 spiro atoms. The fraction of sp³-hybridized carbons (Fsp3) is 0.231. The van der Waals surface area contributed by atoms with Crippen LogP contribution in [0.1, 0.15) is 19.5 Å². The maximum Gasteiger partial charge on any atom is 0.333 e. The molecule has 0 amide bonds. The third kappa shape index (κ3) is 2.36. The van der Waals surface area contributed by atoms with Crippen LogP contribution in [0.4, 0.5) is 0 Å². The zero-order valence-electron chi connectivity index (χ0n) is 9.86. The summed E-state index contributed by atoms with van der Waals surface area (Å²) in [5.41, 5.74) is 2.27. The van der Waals surface area contributed by atoms with E-state index in [0.717, 1.165) is 16.6 Å². The Labute approximate surface area is 99.3 Å². The van der Waals surface area contributed by atoms with Gasteiger partial charge in [0.1, 0.15) is 0 Å². The number of hydrogen-bond donors (Lipinski definition) is 1. The number of nitrogens with one attached hydrogen (secondary N) is 1. The van der Waals surface area contributed by atoms with Gasteiger partial charge in [0.25, 0.3) is 0 Å². The number of rotatable bonds is 3. The number of carbonyl (C=O) groups excluding carboxylic acids is 1. The van der Waals surface area contributed by atoms with Gasteiger partial charge in [0.15, 0.2) is 0 Å². The number of H-pyrrole nitrogens is 1. The molecule has 0 atom stereocenters. The van der Waals surface area contributed by atoms with Crippen LogP contribution in [0.5, 0.6) is 0 Å². The van der Waals surface area contributed by atoms with Crippen molar-refractivity contribution in [3.05, 3.63) is 35.5 Å². The van der Waals surface area contributed by atoms with E-state index in [1.54, 1.807) is 19.9 Å². The summed E-state index contributed by atoms with van der Waals surface area (Å²) in [7, 11) is 0. The summed E-state index contributed by atoms with van der Waals surface area (Å²) in [6.45, 7) is 3.90. The van der Waals surface area contributed by atoms with E-state index >= 15 is 0 Å². The zero-order chi connectivity index (χ0) is 12.3. The lowest BCUT2D eigenvalue weighted by Gasteiger charge is -2.00. The van der Waals surface area contributed by atoms with Crippen LogP contribution in [0.25, 0.3) is 17.0 Å². The first-order valence-corrected chi connectivity index (χ1v) is 5.51. The molecule has 0 aliphatic heterocycles. The topological polar surface area (TPSA) is 55.0 Å². The van der Waals surface area contributed by atoms with Gasteiger partial charge in [-0.3, -0.25) is 5.10 Å². The van der Waals surface area contributed by atoms with Gasteiger partial charge in [-0.15, -0.1) is 0 Å². The highest BCUT2D eigenvalue weighted by molar-refractivity contribution is 5.96. The predicted molar refractivity (Wildman–Crippen MR) is 66.4 cm³/mol. The molecule has 4 nitrogen and oxygen atoms in total. The maximum absolute atomic E-state index is 11.5. The van der Waals surface area contributed by atoms with E-state index in [2.05, 4.69) is 10.2 Å². The van der Waals surface area contributed by atoms with Gasteiger partial charge in [-0.25, -0.2) is 4.79 Å². The van der Waals surface area contributed by atoms with Crippen molar-refractivity contribution in [2.24, 2.45) is 0 Å². The third-order valence-electron chi connectivity index (χ3n) is 2.45. The zero-order valence-corrected chi connectivity index (χ0v) is 9.86. The van der Waals surface area contributed by atoms with Gasteiger partial charge in [0.2, 0.25) is 0 Å². The van der Waals surface area contributed by atoms with Crippen LogP contribution in [0.15, 0.2) is 29.8 Å². The number of nitrogens with zero attached hydrogens (tertiary/aromatic N) is 1. The van der Waals surface area contributed by atoms with Gasteiger partial charge >= 0.3 is 5.97 Å². The first-order valence-electron chi connectivity index (χ1n) is 5.51. The molecule has 0 saturated heterocycles. The average Bonchev–Trinajstić information content (AvgIpc) is 2.73. The smallest absolute Gasteiger partial charge is 0.333 e. The summed E-state index contributed by atoms with van der Waals surface area (Å²) in [5.74, 6) is -0.300. The second kappa shape index (κ2) is 4.82. The lowest BCUT2D eigenvalue weighted by molar-refractivity contribution is -0.138. The largest absolute Gasteiger partial charge is 0.463 e. The lowest BCUT2D eigenvalue weighted by atomic mass is 10.1. The van der Waals surface area contributed by atoms with E-state index in [1.807, 2.05) is 24.3 Å². The molecule has 0 radical (unpaired) electrons. The van der Waals surface area contributed by atoms with Crippen molar-refractivity contribution in [1.29, 1.82) is 0 Å². The van der Waals surface area contributed by atoms with Crippen molar-refractivity contribution in [3.63, 3.8) is 0 Å². The monoisotopic (exact) mass is 230 g/mol. The minimum atomic E-state index is -0.300. The number of para-hydroxylation sites is 1. The van der Waals surface area contributed by atoms with Crippen molar-refractivity contribution >= 4 is 22.9 Å². The van der Waals surface area contributed by atoms with Gasteiger partial charge < -0.3 is 4.74 Å². The maximum atomic E-state index is 11.5. The summed E-state index contributed by atoms with van der Waals surface area (Å²) in [5, 5.41) is 8.06. The van der Waals surface area contributed by atoms with E-state index in [-0.39, 0.29) is 5.97 Å². The van der Waals surface area contributed by atoms with E-state index in [4.69, 9.17) is 4.74 Å². The first kappa shape index (κ1) is 11.4. The second-order valence-corrected chi connectivity index (χ2v) is 3.70. The Morgan fingerprint density at radius 1 is 1.47 bits per heavy atom. The van der Waals surface area contributed by atoms with Crippen molar-refractivity contribution in [1.82, 2.24) is 10.2 Å². The molecular weight excluding hydrogens is 216 g/mol. The number of esters is 1. The molecule has 1 N–H and O–H groups in total. The number of aromatic nitrogens is 2. The van der Waals surface area contributed by atoms with Gasteiger partial charge in [-0.2, -0.15) is 5.10 Å². The highest BCUT2D eigenvalue weighted by atomic mass is 16.5. The van der Waals surface area contributed by atoms with E-state index < -0.39 is 0 Å². The van der Waals surface area contributed by atoms with Crippen LogP contribution < -0.4 is 0 Å². The molecule has 88 valence electrons. The number of benzene rings is 1. The molecule has 17 heavy (non-hydrogen) atoms. The molecule has 0 aliphatic carbocycles. The van der Waals surface area contributed by atoms with E-state index in [1.165, 1.54) is 0 Å². The summed E-state index contributed by atoms with van der Waals surface area (Å²) < 4.78 is 4.92. The SMILES string of the molecule is CCOC(=O)/C(C)=C\c1[nH]nc2ccccc12. The Bertz CT molecular complexity index is 570. The summed E-state index contributed by atoms with van der Waals surface area (Å²) in [6, 6.07) is 7.75. The van der Waals surface area contributed by atoms with Crippen LogP contribution in [0.2, 0.25) is 0 Å². The molecule has 0 bridgehead atoms. The molecule has 1 heterocycles. The molecule has 4 heteroatoms. The Morgan fingerprint density at radius 3 is 3.00 bits per heavy atom. The van der Waals surface area contributed by atoms with Crippen LogP contribution in [-0.2, 0) is 9.53 Å². The molecule has 1 aromatic heterocycles. The predicted octanol–water partition coefficient (Wildman–Crippen LogP) is 2.53. The molecule has 0 aliphatic rings. The Morgan fingerprint density at radius 2 is 2.24 bits per heavy atom. The Kier molecular flexibility index (Phi) is 3.23. The first-order chi connectivity index (χ1) is 8.22. The van der Waals surface area contributed by atoms with Crippen LogP contribution >= 0.6 is 0 Å². The summed E-state index contributed by atoms with van der Waals surface area (Å²) in [4.78, 5) is 11.5. The normalized spacial score (nSPS) is 11.8. The minimum Gasteiger partial charge on any atom is -0.463 e. The fourth-order valence-electron chi connectivity index (χ4n) is 1.61. The molecule has 2 aromatic rings. The average molecular weight is 230 g/mol. The second-order valence-electron chi connectivity index (χ2n) is 3.70. The number of ether oxygens (including phenoxy) is 1. The van der Waals surface area contributed by atoms with Gasteiger partial charge in [0.05, 0.1) is 17.8 Å². The van der Waals surface area contributed by atoms with Crippen LogP contribution in [0.3, 0.4) is 0 Å². The highest BCUT2D eigenvalue weighted by Gasteiger charge is 2.07. The third-order valence-corrected chi connectivity index (χ3v) is 2.45. The summed E-state index contributed by atoms with van der Waals surface area (Å²) >= 11 is 0. The quantitative estimate of drug-likeness (QED) is 0.651. The van der Waals surface area contributed by atoms with Crippen molar-refractivity contribution in [2.45, 2.75) is 13.8 Å². The van der Waals surface area contributed by atoms with Gasteiger partial charge in [-0.05, 0) is 26.0 Å². The number of hydrogen-bond acceptors (Lipinski definition) is 3. The standard InChI is InChI=1S/C13H14N2O2/c1-3-17-13(16)9(2)8-12-10-6-4-5-7-11(10)14-15-12/h4-8H,3H2,1-2H3,(H,14,15)/b9-8-. The molecule has 2 rings (SSSR count). The molecular formula is C13H14N2O2. The van der Waals surface area contributed by atoms with Crippen molar-refractivity contribution < 1.29 is 9.53 Å². The van der Waals surface area contributed by atoms with E-state index in [9.17, 15) is 4.79 Å². The van der Waals surface area contributed by atoms with E-state index in [0.29, 0.717) is 12.2 Å². The Hall–Kier alpha value is -2.10. The highest BCUT2D eigenvalue weighted by Crippen LogP contribution is 2.17. The molecule has 1 aromatic carbocycles. The minimum absolute atomic E-state index is 0.300. The fourth-order valence-corrected chi connectivity index (χ4v) is 1.61. The molecule has 0 unspecified atom stereocenters. The Balaban J connectivity index is 2.35. The lowest BCUT2D eigenvalue weighted by Crippen LogP contribution is -2.04. The number of fused-ring (bicyclic) bond motifs is 1. The molecule has 0 saturated carbocycles. The van der Waals surface area contributed by atoms with Crippen molar-refractivity contribution in [3.8, 4) is 0 Å². The number of aromatic amines is 1. The van der Waals surface area contributed by atoms with Gasteiger partial charge in [0, 0.05) is 11.0 Å². The molecule has 0 fully saturated rings. The van der Waals surface area contributed by atoms with Crippen LogP contribution in [-0.4, -0.2) is 22.8 Å². The number of carbonyl (C=O) groups is 1. The summed E-state index contributed by atoms with van der Waals surface area (Å²) in [6.07, 6.45) is 1.76. The van der Waals surface area contributed by atoms with Crippen LogP contribution in [0, 0.1) is 0 Å².